The Morgan fingerprint density at radius 2 is 1.91 bits per heavy atom. The van der Waals surface area contributed by atoms with Gasteiger partial charge in [-0.25, -0.2) is 0 Å². The first-order chi connectivity index (χ1) is 4.83. The zero-order valence-electron chi connectivity index (χ0n) is 5.35. The number of nitrogens with two attached hydrogens (primary N) is 1. The van der Waals surface area contributed by atoms with Gasteiger partial charge in [0.15, 0.2) is 0 Å². The van der Waals surface area contributed by atoms with Crippen LogP contribution < -0.4 is 11.1 Å². The number of hydrogen-bond donors (Lipinski definition) is 4. The number of nitrogens with one attached hydrogen (secondary N) is 1. The van der Waals surface area contributed by atoms with Crippen LogP contribution in [0.25, 0.3) is 0 Å². The lowest BCUT2D eigenvalue weighted by Crippen LogP contribution is -2.36. The Bertz CT molecular complexity index is 220. The number of primary amides is 1. The number of hydrogen-bond acceptors (Lipinski definition) is 3. The van der Waals surface area contributed by atoms with Gasteiger partial charge in [0.1, 0.15) is 6.29 Å². The minimum absolute atomic E-state index is 0.880. The van der Waals surface area contributed by atoms with Crippen molar-refractivity contribution in [1.82, 2.24) is 5.32 Å². The molecule has 0 fully saturated rings. The van der Waals surface area contributed by atoms with Crippen molar-refractivity contribution >= 4 is 19.4 Å². The predicted molar refractivity (Wildman–Crippen MR) is 34.2 cm³/mol. The van der Waals surface area contributed by atoms with Gasteiger partial charge in [-0.2, -0.15) is 0 Å². The van der Waals surface area contributed by atoms with Gasteiger partial charge in [0.25, 0.3) is 0 Å². The fourth-order valence-electron chi connectivity index (χ4n) is 0.262. The van der Waals surface area contributed by atoms with Gasteiger partial charge in [-0.1, -0.05) is 0 Å². The largest absolute Gasteiger partial charge is 0.361 e. The van der Waals surface area contributed by atoms with E-state index in [0.29, 0.717) is 0 Å². The van der Waals surface area contributed by atoms with Crippen LogP contribution in [-0.2, 0) is 14.2 Å². The van der Waals surface area contributed by atoms with Gasteiger partial charge in [0.05, 0.1) is 0 Å². The number of carbonyl (C=O) groups is 2. The van der Waals surface area contributed by atoms with E-state index in [9.17, 15) is 14.2 Å². The topological polar surface area (TPSA) is 130 Å². The Morgan fingerprint density at radius 3 is 2.18 bits per heavy atom. The van der Waals surface area contributed by atoms with Crippen LogP contribution in [0.2, 0.25) is 0 Å². The molecule has 0 spiro atoms. The fourth-order valence-corrected chi connectivity index (χ4v) is 0.611. The first-order valence-electron chi connectivity index (χ1n) is 2.45. The summed E-state index contributed by atoms with van der Waals surface area (Å²) in [6.45, 7) is 0. The van der Waals surface area contributed by atoms with Crippen molar-refractivity contribution in [3.05, 3.63) is 0 Å². The lowest BCUT2D eigenvalue weighted by atomic mass is 10.6. The van der Waals surface area contributed by atoms with Gasteiger partial charge < -0.3 is 20.8 Å². The van der Waals surface area contributed by atoms with Gasteiger partial charge in [-0.15, -0.1) is 0 Å². The molecule has 0 aromatic heterocycles. The summed E-state index contributed by atoms with van der Waals surface area (Å²) in [5, 5.41) is 1.65. The Kier molecular flexibility index (Phi) is 3.18. The van der Waals surface area contributed by atoms with Gasteiger partial charge in [0, 0.05) is 0 Å². The molecule has 8 heteroatoms. The molecule has 0 aromatic rings. The SMILES string of the molecule is NC(=O)C(=O)NCP(=O)(O)O. The molecule has 2 amide bonds. The summed E-state index contributed by atoms with van der Waals surface area (Å²) >= 11 is 0. The van der Waals surface area contributed by atoms with Gasteiger partial charge in [-0.05, 0) is 0 Å². The van der Waals surface area contributed by atoms with Gasteiger partial charge >= 0.3 is 19.4 Å². The zero-order chi connectivity index (χ0) is 9.07. The summed E-state index contributed by atoms with van der Waals surface area (Å²) in [6, 6.07) is 0. The van der Waals surface area contributed by atoms with Crippen molar-refractivity contribution in [1.29, 1.82) is 0 Å². The number of amides is 2. The quantitative estimate of drug-likeness (QED) is 0.282. The molecule has 0 saturated carbocycles. The number of carbonyl (C=O) groups excluding carboxylic acids is 2. The average Bonchev–Trinajstić information content (AvgIpc) is 1.80. The van der Waals surface area contributed by atoms with E-state index in [1.807, 2.05) is 0 Å². The van der Waals surface area contributed by atoms with Crippen LogP contribution >= 0.6 is 7.60 Å². The van der Waals surface area contributed by atoms with Crippen LogP contribution in [0.4, 0.5) is 0 Å². The Labute approximate surface area is 61.7 Å². The maximum absolute atomic E-state index is 10.3. The molecular formula is C3H7N2O5P. The molecule has 0 aromatic carbocycles. The summed E-state index contributed by atoms with van der Waals surface area (Å²) in [4.78, 5) is 36.6. The summed E-state index contributed by atoms with van der Waals surface area (Å²) in [6.07, 6.45) is -0.880. The van der Waals surface area contributed by atoms with Crippen molar-refractivity contribution in [2.45, 2.75) is 0 Å². The minimum atomic E-state index is -4.30. The van der Waals surface area contributed by atoms with E-state index in [4.69, 9.17) is 9.79 Å². The van der Waals surface area contributed by atoms with E-state index in [1.165, 1.54) is 0 Å². The highest BCUT2D eigenvalue weighted by molar-refractivity contribution is 7.51. The van der Waals surface area contributed by atoms with E-state index in [-0.39, 0.29) is 0 Å². The number of rotatable bonds is 2. The molecule has 64 valence electrons. The van der Waals surface area contributed by atoms with E-state index in [1.54, 1.807) is 5.32 Å². The monoisotopic (exact) mass is 182 g/mol. The summed E-state index contributed by atoms with van der Waals surface area (Å²) < 4.78 is 10.1. The van der Waals surface area contributed by atoms with Crippen molar-refractivity contribution in [3.63, 3.8) is 0 Å². The van der Waals surface area contributed by atoms with E-state index in [0.717, 1.165) is 0 Å². The smallest absolute Gasteiger partial charge is 0.344 e. The van der Waals surface area contributed by atoms with Crippen molar-refractivity contribution < 1.29 is 23.9 Å². The standard InChI is InChI=1S/C3H7N2O5P/c4-2(6)3(7)5-1-11(8,9)10/h1H2,(H2,4,6)(H,5,7)(H2,8,9,10). The molecule has 0 atom stereocenters. The van der Waals surface area contributed by atoms with E-state index < -0.39 is 25.7 Å². The molecule has 0 radical (unpaired) electrons. The fraction of sp³-hybridized carbons (Fsp3) is 0.333. The molecule has 0 unspecified atom stereocenters. The van der Waals surface area contributed by atoms with Gasteiger partial charge in [-0.3, -0.25) is 14.2 Å². The third-order valence-corrected chi connectivity index (χ3v) is 1.24. The molecule has 5 N–H and O–H groups in total. The molecule has 11 heavy (non-hydrogen) atoms. The molecule has 0 aliphatic heterocycles. The third kappa shape index (κ3) is 5.53. The first kappa shape index (κ1) is 10.1. The summed E-state index contributed by atoms with van der Waals surface area (Å²) in [5.41, 5.74) is 4.46. The lowest BCUT2D eigenvalue weighted by molar-refractivity contribution is -0.137. The third-order valence-electron chi connectivity index (χ3n) is 0.669. The predicted octanol–water partition coefficient (Wildman–Crippen LogP) is -2.28. The maximum atomic E-state index is 10.3. The Balaban J connectivity index is 3.82. The minimum Gasteiger partial charge on any atom is -0.361 e. The highest BCUT2D eigenvalue weighted by Gasteiger charge is 2.16. The zero-order valence-corrected chi connectivity index (χ0v) is 6.25. The second-order valence-electron chi connectivity index (χ2n) is 1.69. The molecule has 0 aliphatic carbocycles. The van der Waals surface area contributed by atoms with Gasteiger partial charge in [0.2, 0.25) is 0 Å². The lowest BCUT2D eigenvalue weighted by Gasteiger charge is -2.02. The highest BCUT2D eigenvalue weighted by atomic mass is 31.2. The van der Waals surface area contributed by atoms with Crippen LogP contribution in [0.15, 0.2) is 0 Å². The molecule has 0 bridgehead atoms. The normalized spacial score (nSPS) is 10.7. The van der Waals surface area contributed by atoms with Crippen molar-refractivity contribution in [2.24, 2.45) is 5.73 Å². The second kappa shape index (κ2) is 3.47. The molecular weight excluding hydrogens is 175 g/mol. The molecule has 0 heterocycles. The molecule has 7 nitrogen and oxygen atoms in total. The molecule has 0 aliphatic rings. The first-order valence-corrected chi connectivity index (χ1v) is 4.25. The summed E-state index contributed by atoms with van der Waals surface area (Å²) in [7, 11) is -4.30. The second-order valence-corrected chi connectivity index (χ2v) is 3.34. The van der Waals surface area contributed by atoms with Crippen LogP contribution in [0.5, 0.6) is 0 Å². The van der Waals surface area contributed by atoms with Crippen molar-refractivity contribution in [3.8, 4) is 0 Å². The molecule has 0 rings (SSSR count). The van der Waals surface area contributed by atoms with Crippen molar-refractivity contribution in [2.75, 3.05) is 6.29 Å². The van der Waals surface area contributed by atoms with Crippen LogP contribution in [0.3, 0.4) is 0 Å². The average molecular weight is 182 g/mol. The Hall–Kier alpha value is -0.910. The molecule has 0 saturated heterocycles. The van der Waals surface area contributed by atoms with E-state index in [2.05, 4.69) is 5.73 Å². The van der Waals surface area contributed by atoms with E-state index >= 15 is 0 Å². The van der Waals surface area contributed by atoms with Crippen LogP contribution in [0.1, 0.15) is 0 Å². The Morgan fingerprint density at radius 1 is 1.45 bits per heavy atom. The maximum Gasteiger partial charge on any atom is 0.344 e. The van der Waals surface area contributed by atoms with Crippen LogP contribution in [0, 0.1) is 0 Å². The highest BCUT2D eigenvalue weighted by Crippen LogP contribution is 2.31. The summed E-state index contributed by atoms with van der Waals surface area (Å²) in [5.74, 6) is -2.49. The van der Waals surface area contributed by atoms with Crippen LogP contribution in [-0.4, -0.2) is 27.9 Å².